The summed E-state index contributed by atoms with van der Waals surface area (Å²) in [6, 6.07) is 5.13. The van der Waals surface area contributed by atoms with Crippen LogP contribution in [0, 0.1) is 23.2 Å². The van der Waals surface area contributed by atoms with Crippen molar-refractivity contribution in [3.63, 3.8) is 0 Å². The van der Waals surface area contributed by atoms with Crippen LogP contribution < -0.4 is 9.47 Å². The van der Waals surface area contributed by atoms with Crippen molar-refractivity contribution in [2.24, 2.45) is 23.2 Å². The van der Waals surface area contributed by atoms with Gasteiger partial charge in [-0.3, -0.25) is 19.3 Å². The first-order chi connectivity index (χ1) is 15.8. The molecule has 174 valence electrons. The monoisotopic (exact) mass is 487 g/mol. The Morgan fingerprint density at radius 2 is 1.82 bits per heavy atom. The molecule has 6 rings (SSSR count). The van der Waals surface area contributed by atoms with Crippen molar-refractivity contribution in [3.8, 4) is 11.5 Å². The Morgan fingerprint density at radius 3 is 2.39 bits per heavy atom. The van der Waals surface area contributed by atoms with Crippen molar-refractivity contribution < 1.29 is 29.0 Å². The third-order valence-corrected chi connectivity index (χ3v) is 8.70. The molecule has 1 aliphatic heterocycles. The maximum absolute atomic E-state index is 13.3. The molecule has 0 spiro atoms. The van der Waals surface area contributed by atoms with E-state index in [0.29, 0.717) is 39.7 Å². The quantitative estimate of drug-likeness (QED) is 0.277. The summed E-state index contributed by atoms with van der Waals surface area (Å²) in [6.07, 6.45) is 8.17. The lowest BCUT2D eigenvalue weighted by Gasteiger charge is -2.55. The summed E-state index contributed by atoms with van der Waals surface area (Å²) in [4.78, 5) is 38.2. The number of rotatable bonds is 6. The van der Waals surface area contributed by atoms with Gasteiger partial charge in [0.1, 0.15) is 10.9 Å². The van der Waals surface area contributed by atoms with E-state index in [-0.39, 0.29) is 15.7 Å². The van der Waals surface area contributed by atoms with Gasteiger partial charge in [-0.1, -0.05) is 30.0 Å². The molecule has 4 aliphatic carbocycles. The molecule has 1 amide bonds. The summed E-state index contributed by atoms with van der Waals surface area (Å²) in [6.45, 7) is -0.468. The Bertz CT molecular complexity index is 1050. The van der Waals surface area contributed by atoms with Gasteiger partial charge in [0.05, 0.1) is 17.4 Å². The molecular weight excluding hydrogens is 462 g/mol. The molecule has 0 atom stereocenters. The first-order valence-corrected chi connectivity index (χ1v) is 12.4. The van der Waals surface area contributed by atoms with Crippen LogP contribution in [0.1, 0.15) is 44.1 Å². The molecule has 0 aromatic heterocycles. The van der Waals surface area contributed by atoms with Gasteiger partial charge in [-0.2, -0.15) is 0 Å². The number of ether oxygens (including phenoxy) is 2. The number of hydrogen-bond acceptors (Lipinski definition) is 7. The van der Waals surface area contributed by atoms with Crippen molar-refractivity contribution in [1.29, 1.82) is 0 Å². The molecule has 0 radical (unpaired) electrons. The topological polar surface area (TPSA) is 93.1 Å². The smallest absolute Gasteiger partial charge is 0.323 e. The number of aliphatic carboxylic acids is 1. The Balaban J connectivity index is 1.34. The standard InChI is InChI=1S/C24H25NO6S2/c1-30-18-7-13(8-19-21(28)25(12-20(26)27)23(32)33-19)2-3-17(18)31-22(29)24-9-14-4-15(10-24)6-16(5-14)11-24/h2-3,7-8,14-16H,4-6,9-12H2,1H3,(H,26,27)/b19-8+. The summed E-state index contributed by atoms with van der Waals surface area (Å²) in [5, 5.41) is 8.98. The molecule has 0 unspecified atom stereocenters. The second-order valence-electron chi connectivity index (χ2n) is 9.66. The minimum absolute atomic E-state index is 0.151. The largest absolute Gasteiger partial charge is 0.493 e. The molecule has 1 aromatic rings. The molecule has 4 saturated carbocycles. The highest BCUT2D eigenvalue weighted by atomic mass is 32.2. The van der Waals surface area contributed by atoms with Crippen LogP contribution in [-0.2, 0) is 14.4 Å². The van der Waals surface area contributed by atoms with Crippen LogP contribution in [-0.4, -0.2) is 45.8 Å². The van der Waals surface area contributed by atoms with Gasteiger partial charge in [0.2, 0.25) is 0 Å². The normalized spacial score (nSPS) is 31.4. The van der Waals surface area contributed by atoms with E-state index in [1.165, 1.54) is 26.4 Å². The van der Waals surface area contributed by atoms with E-state index in [1.54, 1.807) is 24.3 Å². The summed E-state index contributed by atoms with van der Waals surface area (Å²) in [7, 11) is 1.51. The molecule has 33 heavy (non-hydrogen) atoms. The third-order valence-electron chi connectivity index (χ3n) is 7.33. The number of hydrogen-bond donors (Lipinski definition) is 1. The Morgan fingerprint density at radius 1 is 1.18 bits per heavy atom. The van der Waals surface area contributed by atoms with Gasteiger partial charge in [-0.25, -0.2) is 0 Å². The first kappa shape index (κ1) is 22.4. The van der Waals surface area contributed by atoms with Crippen molar-refractivity contribution in [3.05, 3.63) is 28.7 Å². The van der Waals surface area contributed by atoms with Crippen LogP contribution >= 0.6 is 24.0 Å². The summed E-state index contributed by atoms with van der Waals surface area (Å²) in [5.74, 6) is 0.996. The van der Waals surface area contributed by atoms with E-state index in [0.717, 1.165) is 35.9 Å². The minimum atomic E-state index is -1.13. The van der Waals surface area contributed by atoms with Gasteiger partial charge in [0, 0.05) is 0 Å². The van der Waals surface area contributed by atoms with Crippen LogP contribution in [0.15, 0.2) is 23.1 Å². The van der Waals surface area contributed by atoms with E-state index in [2.05, 4.69) is 0 Å². The maximum atomic E-state index is 13.3. The molecule has 9 heteroatoms. The minimum Gasteiger partial charge on any atom is -0.493 e. The van der Waals surface area contributed by atoms with Gasteiger partial charge in [0.15, 0.2) is 11.5 Å². The number of carboxylic acid groups (broad SMARTS) is 1. The fraction of sp³-hybridized carbons (Fsp3) is 0.500. The summed E-state index contributed by atoms with van der Waals surface area (Å²) in [5.41, 5.74) is 0.300. The number of thiocarbonyl (C=S) groups is 1. The highest BCUT2D eigenvalue weighted by molar-refractivity contribution is 8.26. The third kappa shape index (κ3) is 4.17. The predicted molar refractivity (Wildman–Crippen MR) is 127 cm³/mol. The predicted octanol–water partition coefficient (Wildman–Crippen LogP) is 4.10. The van der Waals surface area contributed by atoms with E-state index in [9.17, 15) is 14.4 Å². The Kier molecular flexibility index (Phi) is 5.73. The number of esters is 1. The summed E-state index contributed by atoms with van der Waals surface area (Å²) < 4.78 is 11.6. The van der Waals surface area contributed by atoms with Crippen LogP contribution in [0.5, 0.6) is 11.5 Å². The van der Waals surface area contributed by atoms with Crippen LogP contribution in [0.4, 0.5) is 0 Å². The highest BCUT2D eigenvalue weighted by Crippen LogP contribution is 2.60. The second kappa shape index (κ2) is 8.43. The van der Waals surface area contributed by atoms with Gasteiger partial charge in [0.25, 0.3) is 5.91 Å². The van der Waals surface area contributed by atoms with Gasteiger partial charge >= 0.3 is 11.9 Å². The van der Waals surface area contributed by atoms with E-state index in [4.69, 9.17) is 26.8 Å². The molecule has 1 aromatic carbocycles. The van der Waals surface area contributed by atoms with Gasteiger partial charge in [-0.05, 0) is 80.1 Å². The molecule has 1 saturated heterocycles. The van der Waals surface area contributed by atoms with Crippen LogP contribution in [0.3, 0.4) is 0 Å². The van der Waals surface area contributed by atoms with Crippen molar-refractivity contribution >= 4 is 52.2 Å². The van der Waals surface area contributed by atoms with E-state index in [1.807, 2.05) is 0 Å². The molecule has 5 fully saturated rings. The van der Waals surface area contributed by atoms with Crippen molar-refractivity contribution in [1.82, 2.24) is 4.90 Å². The average Bonchev–Trinajstić information content (AvgIpc) is 3.00. The lowest BCUT2D eigenvalue weighted by atomic mass is 9.49. The molecular formula is C24H25NO6S2. The molecule has 7 nitrogen and oxygen atoms in total. The zero-order valence-electron chi connectivity index (χ0n) is 18.2. The number of amides is 1. The number of nitrogens with zero attached hydrogens (tertiary/aromatic N) is 1. The van der Waals surface area contributed by atoms with Crippen LogP contribution in [0.25, 0.3) is 6.08 Å². The Hall–Kier alpha value is -2.39. The fourth-order valence-corrected chi connectivity index (χ4v) is 7.61. The van der Waals surface area contributed by atoms with E-state index >= 15 is 0 Å². The average molecular weight is 488 g/mol. The number of thioether (sulfide) groups is 1. The van der Waals surface area contributed by atoms with Gasteiger partial charge < -0.3 is 14.6 Å². The number of methoxy groups -OCH3 is 1. The first-order valence-electron chi connectivity index (χ1n) is 11.1. The lowest BCUT2D eigenvalue weighted by molar-refractivity contribution is -0.161. The number of carbonyl (C=O) groups excluding carboxylic acids is 2. The molecule has 4 bridgehead atoms. The van der Waals surface area contributed by atoms with Crippen LogP contribution in [0.2, 0.25) is 0 Å². The highest BCUT2D eigenvalue weighted by Gasteiger charge is 2.55. The molecule has 1 heterocycles. The number of carbonyl (C=O) groups is 3. The zero-order valence-corrected chi connectivity index (χ0v) is 19.9. The SMILES string of the molecule is COc1cc(/C=C2/SC(=S)N(CC(=O)O)C2=O)ccc1OC(=O)C12CC3CC(CC(C3)C1)C2. The number of carboxylic acids is 1. The second-order valence-corrected chi connectivity index (χ2v) is 11.3. The molecule has 5 aliphatic rings. The number of benzene rings is 1. The molecule has 1 N–H and O–H groups in total. The van der Waals surface area contributed by atoms with Crippen molar-refractivity contribution in [2.45, 2.75) is 38.5 Å². The van der Waals surface area contributed by atoms with E-state index < -0.39 is 18.4 Å². The zero-order chi connectivity index (χ0) is 23.3. The van der Waals surface area contributed by atoms with Crippen molar-refractivity contribution in [2.75, 3.05) is 13.7 Å². The summed E-state index contributed by atoms with van der Waals surface area (Å²) >= 11 is 6.19. The van der Waals surface area contributed by atoms with Gasteiger partial charge in [-0.15, -0.1) is 0 Å². The fourth-order valence-electron chi connectivity index (χ4n) is 6.35. The lowest BCUT2D eigenvalue weighted by Crippen LogP contribution is -2.51. The maximum Gasteiger partial charge on any atom is 0.323 e. The Labute approximate surface area is 201 Å².